The molecule has 0 radical (unpaired) electrons. The highest BCUT2D eigenvalue weighted by atomic mass is 32.2. The average molecular weight is 301 g/mol. The fraction of sp³-hybridized carbons (Fsp3) is 0.714. The molecule has 1 saturated heterocycles. The van der Waals surface area contributed by atoms with E-state index in [1.165, 1.54) is 29.9 Å². The lowest BCUT2D eigenvalue weighted by Crippen LogP contribution is -2.35. The molecule has 0 spiro atoms. The average Bonchev–Trinajstić information content (AvgIpc) is 2.93. The second-order valence-electron chi connectivity index (χ2n) is 4.90. The van der Waals surface area contributed by atoms with Crippen molar-refractivity contribution < 1.29 is 9.84 Å². The van der Waals surface area contributed by atoms with Gasteiger partial charge in [0.1, 0.15) is 0 Å². The molecule has 19 heavy (non-hydrogen) atoms. The Kier molecular flexibility index (Phi) is 7.24. The smallest absolute Gasteiger partial charge is 0.0897 e. The molecule has 2 heterocycles. The minimum atomic E-state index is -0.409. The Bertz CT molecular complexity index is 326. The zero-order chi connectivity index (χ0) is 13.3. The number of aliphatic hydroxyl groups excluding tert-OH is 1. The number of nitrogens with one attached hydrogen (secondary N) is 1. The van der Waals surface area contributed by atoms with Crippen LogP contribution in [0.2, 0.25) is 0 Å². The summed E-state index contributed by atoms with van der Waals surface area (Å²) in [5.74, 6) is 1.29. The Morgan fingerprint density at radius 1 is 1.47 bits per heavy atom. The Labute approximate surface area is 123 Å². The van der Waals surface area contributed by atoms with Crippen molar-refractivity contribution in [3.63, 3.8) is 0 Å². The third-order valence-corrected chi connectivity index (χ3v) is 5.41. The van der Waals surface area contributed by atoms with Crippen LogP contribution in [0.3, 0.4) is 0 Å². The molecule has 2 rings (SSSR count). The first kappa shape index (κ1) is 15.3. The van der Waals surface area contributed by atoms with Crippen LogP contribution in [-0.4, -0.2) is 41.9 Å². The molecular formula is C14H23NO2S2. The van der Waals surface area contributed by atoms with Crippen LogP contribution >= 0.6 is 23.1 Å². The number of aliphatic hydroxyl groups is 1. The summed E-state index contributed by atoms with van der Waals surface area (Å²) < 4.78 is 5.50. The second-order valence-corrected chi connectivity index (χ2v) is 7.34. The van der Waals surface area contributed by atoms with Crippen molar-refractivity contribution in [1.82, 2.24) is 5.32 Å². The van der Waals surface area contributed by atoms with Gasteiger partial charge in [0, 0.05) is 23.2 Å². The highest BCUT2D eigenvalue weighted by Gasteiger charge is 2.13. The maximum Gasteiger partial charge on any atom is 0.0897 e. The number of ether oxygens (including phenoxy) is 1. The lowest BCUT2D eigenvalue weighted by molar-refractivity contribution is 0.0299. The van der Waals surface area contributed by atoms with Crippen LogP contribution in [0.4, 0.5) is 0 Å². The Morgan fingerprint density at radius 3 is 3.16 bits per heavy atom. The monoisotopic (exact) mass is 301 g/mol. The molecule has 0 amide bonds. The van der Waals surface area contributed by atoms with E-state index in [0.717, 1.165) is 11.8 Å². The fourth-order valence-electron chi connectivity index (χ4n) is 2.13. The largest absolute Gasteiger partial charge is 0.389 e. The molecule has 0 bridgehead atoms. The van der Waals surface area contributed by atoms with Gasteiger partial charge in [-0.3, -0.25) is 0 Å². The zero-order valence-electron chi connectivity index (χ0n) is 11.2. The Balaban J connectivity index is 1.48. The van der Waals surface area contributed by atoms with Gasteiger partial charge in [-0.05, 0) is 30.0 Å². The van der Waals surface area contributed by atoms with Crippen LogP contribution in [0.1, 0.15) is 24.1 Å². The van der Waals surface area contributed by atoms with Crippen LogP contribution in [0.5, 0.6) is 0 Å². The van der Waals surface area contributed by atoms with Gasteiger partial charge >= 0.3 is 0 Å². The van der Waals surface area contributed by atoms with Gasteiger partial charge in [0.25, 0.3) is 0 Å². The second kappa shape index (κ2) is 8.97. The van der Waals surface area contributed by atoms with Gasteiger partial charge in [0.2, 0.25) is 0 Å². The first-order chi connectivity index (χ1) is 9.34. The highest BCUT2D eigenvalue weighted by Crippen LogP contribution is 2.24. The summed E-state index contributed by atoms with van der Waals surface area (Å²) in [7, 11) is 0. The molecule has 3 nitrogen and oxygen atoms in total. The van der Waals surface area contributed by atoms with Gasteiger partial charge in [-0.2, -0.15) is 11.8 Å². The maximum atomic E-state index is 9.82. The summed E-state index contributed by atoms with van der Waals surface area (Å²) in [6.45, 7) is 2.64. The van der Waals surface area contributed by atoms with Crippen LogP contribution in [0, 0.1) is 0 Å². The summed E-state index contributed by atoms with van der Waals surface area (Å²) in [5.41, 5.74) is 0. The van der Waals surface area contributed by atoms with Crippen LogP contribution in [0.15, 0.2) is 17.5 Å². The van der Waals surface area contributed by atoms with E-state index in [1.807, 2.05) is 11.4 Å². The highest BCUT2D eigenvalue weighted by molar-refractivity contribution is 7.99. The number of hydrogen-bond donors (Lipinski definition) is 2. The van der Waals surface area contributed by atoms with Crippen molar-refractivity contribution in [1.29, 1.82) is 0 Å². The quantitative estimate of drug-likeness (QED) is 0.774. The SMILES string of the molecule is OC(CNCC1CCCCS1)COCc1cccs1. The molecular weight excluding hydrogens is 278 g/mol. The molecule has 1 aromatic heterocycles. The molecule has 2 atom stereocenters. The van der Waals surface area contributed by atoms with E-state index >= 15 is 0 Å². The van der Waals surface area contributed by atoms with E-state index in [-0.39, 0.29) is 0 Å². The summed E-state index contributed by atoms with van der Waals surface area (Å²) in [4.78, 5) is 1.21. The van der Waals surface area contributed by atoms with Crippen molar-refractivity contribution in [2.75, 3.05) is 25.4 Å². The Morgan fingerprint density at radius 2 is 2.42 bits per heavy atom. The molecule has 2 unspecified atom stereocenters. The van der Waals surface area contributed by atoms with E-state index in [1.54, 1.807) is 11.3 Å². The van der Waals surface area contributed by atoms with E-state index in [9.17, 15) is 5.11 Å². The zero-order valence-corrected chi connectivity index (χ0v) is 12.8. The maximum absolute atomic E-state index is 9.82. The topological polar surface area (TPSA) is 41.5 Å². The standard InChI is InChI=1S/C14H23NO2S2/c16-12(10-17-11-14-5-3-7-19-14)8-15-9-13-4-1-2-6-18-13/h3,5,7,12-13,15-16H,1-2,4,6,8-11H2. The third kappa shape index (κ3) is 6.27. The van der Waals surface area contributed by atoms with E-state index < -0.39 is 6.10 Å². The molecule has 0 saturated carbocycles. The van der Waals surface area contributed by atoms with Gasteiger partial charge < -0.3 is 15.2 Å². The lowest BCUT2D eigenvalue weighted by Gasteiger charge is -2.22. The molecule has 0 aliphatic carbocycles. The normalized spacial score (nSPS) is 21.4. The van der Waals surface area contributed by atoms with Gasteiger partial charge in [-0.1, -0.05) is 12.5 Å². The predicted octanol–water partition coefficient (Wildman–Crippen LogP) is 2.50. The first-order valence-corrected chi connectivity index (χ1v) is 8.88. The molecule has 1 aromatic rings. The van der Waals surface area contributed by atoms with Gasteiger partial charge in [0.05, 0.1) is 19.3 Å². The minimum Gasteiger partial charge on any atom is -0.389 e. The van der Waals surface area contributed by atoms with Gasteiger partial charge in [0.15, 0.2) is 0 Å². The molecule has 1 aliphatic rings. The minimum absolute atomic E-state index is 0.405. The van der Waals surface area contributed by atoms with Crippen molar-refractivity contribution in [3.8, 4) is 0 Å². The van der Waals surface area contributed by atoms with Crippen LogP contribution in [0.25, 0.3) is 0 Å². The third-order valence-electron chi connectivity index (χ3n) is 3.16. The first-order valence-electron chi connectivity index (χ1n) is 6.95. The molecule has 0 aromatic carbocycles. The van der Waals surface area contributed by atoms with Crippen molar-refractivity contribution in [2.45, 2.75) is 37.2 Å². The van der Waals surface area contributed by atoms with Crippen LogP contribution < -0.4 is 5.32 Å². The predicted molar refractivity (Wildman–Crippen MR) is 82.9 cm³/mol. The fourth-order valence-corrected chi connectivity index (χ4v) is 4.04. The van der Waals surface area contributed by atoms with Gasteiger partial charge in [-0.15, -0.1) is 11.3 Å². The molecule has 108 valence electrons. The lowest BCUT2D eigenvalue weighted by atomic mass is 10.2. The van der Waals surface area contributed by atoms with Crippen LogP contribution in [-0.2, 0) is 11.3 Å². The van der Waals surface area contributed by atoms with Crippen molar-refractivity contribution in [3.05, 3.63) is 22.4 Å². The van der Waals surface area contributed by atoms with E-state index in [4.69, 9.17) is 4.74 Å². The number of thiophene rings is 1. The summed E-state index contributed by atoms with van der Waals surface area (Å²) in [6.07, 6.45) is 3.61. The van der Waals surface area contributed by atoms with Crippen molar-refractivity contribution in [2.24, 2.45) is 0 Å². The Hall–Kier alpha value is -0.0700. The number of hydrogen-bond acceptors (Lipinski definition) is 5. The summed E-state index contributed by atoms with van der Waals surface area (Å²) in [5, 5.41) is 15.9. The van der Waals surface area contributed by atoms with E-state index in [0.29, 0.717) is 19.8 Å². The summed E-state index contributed by atoms with van der Waals surface area (Å²) in [6, 6.07) is 4.07. The molecule has 2 N–H and O–H groups in total. The molecule has 5 heteroatoms. The summed E-state index contributed by atoms with van der Waals surface area (Å²) >= 11 is 3.74. The molecule has 1 aliphatic heterocycles. The molecule has 1 fully saturated rings. The van der Waals surface area contributed by atoms with E-state index in [2.05, 4.69) is 23.1 Å². The number of rotatable bonds is 8. The van der Waals surface area contributed by atoms with Gasteiger partial charge in [-0.25, -0.2) is 0 Å². The van der Waals surface area contributed by atoms with Crippen molar-refractivity contribution >= 4 is 23.1 Å². The number of thioether (sulfide) groups is 1.